The molecule has 116 valence electrons. The lowest BCUT2D eigenvalue weighted by Gasteiger charge is -2.28. The lowest BCUT2D eigenvalue weighted by molar-refractivity contribution is -0.135. The zero-order chi connectivity index (χ0) is 15.3. The van der Waals surface area contributed by atoms with Gasteiger partial charge in [0, 0.05) is 13.6 Å². The topological polar surface area (TPSA) is 59.0 Å². The summed E-state index contributed by atoms with van der Waals surface area (Å²) in [7, 11) is 3.30. The highest BCUT2D eigenvalue weighted by molar-refractivity contribution is 5.77. The average molecular weight is 293 g/mol. The number of hydrogen-bond acceptors (Lipinski definition) is 4. The minimum Gasteiger partial charge on any atom is -0.497 e. The molecule has 2 rings (SSSR count). The van der Waals surface area contributed by atoms with Gasteiger partial charge in [-0.2, -0.15) is 0 Å². The number of aliphatic hydroxyl groups is 1. The van der Waals surface area contributed by atoms with E-state index in [2.05, 4.69) is 0 Å². The van der Waals surface area contributed by atoms with Crippen molar-refractivity contribution < 1.29 is 19.4 Å². The number of methoxy groups -OCH3 is 1. The third-order valence-corrected chi connectivity index (χ3v) is 3.91. The molecule has 0 radical (unpaired) electrons. The van der Waals surface area contributed by atoms with Crippen molar-refractivity contribution in [2.24, 2.45) is 0 Å². The SMILES string of the molecule is COc1ccc(OCC(=O)N(C)CC2(O)CCCC2)cc1. The van der Waals surface area contributed by atoms with Gasteiger partial charge in [0.05, 0.1) is 12.7 Å². The van der Waals surface area contributed by atoms with Crippen LogP contribution in [0.4, 0.5) is 0 Å². The summed E-state index contributed by atoms with van der Waals surface area (Å²) in [5, 5.41) is 10.3. The van der Waals surface area contributed by atoms with Crippen molar-refractivity contribution >= 4 is 5.91 Å². The first-order valence-corrected chi connectivity index (χ1v) is 7.26. The van der Waals surface area contributed by atoms with Gasteiger partial charge < -0.3 is 19.5 Å². The van der Waals surface area contributed by atoms with Crippen LogP contribution in [0.25, 0.3) is 0 Å². The molecule has 1 aliphatic rings. The van der Waals surface area contributed by atoms with Crippen LogP contribution in [0.5, 0.6) is 11.5 Å². The van der Waals surface area contributed by atoms with Crippen LogP contribution < -0.4 is 9.47 Å². The molecule has 1 fully saturated rings. The number of carbonyl (C=O) groups excluding carboxylic acids is 1. The van der Waals surface area contributed by atoms with E-state index in [-0.39, 0.29) is 12.5 Å². The number of ether oxygens (including phenoxy) is 2. The van der Waals surface area contributed by atoms with Crippen LogP contribution in [-0.2, 0) is 4.79 Å². The second-order valence-electron chi connectivity index (χ2n) is 5.65. The van der Waals surface area contributed by atoms with E-state index < -0.39 is 5.60 Å². The maximum atomic E-state index is 12.0. The van der Waals surface area contributed by atoms with E-state index in [4.69, 9.17) is 9.47 Å². The summed E-state index contributed by atoms with van der Waals surface area (Å²) in [5.74, 6) is 1.23. The predicted molar refractivity (Wildman–Crippen MR) is 79.5 cm³/mol. The average Bonchev–Trinajstić information content (AvgIpc) is 2.91. The van der Waals surface area contributed by atoms with E-state index in [1.807, 2.05) is 0 Å². The van der Waals surface area contributed by atoms with E-state index >= 15 is 0 Å². The summed E-state index contributed by atoms with van der Waals surface area (Å²) in [6.07, 6.45) is 3.59. The maximum absolute atomic E-state index is 12.0. The Balaban J connectivity index is 1.80. The molecule has 0 saturated heterocycles. The normalized spacial score (nSPS) is 16.5. The maximum Gasteiger partial charge on any atom is 0.260 e. The molecule has 0 spiro atoms. The first-order chi connectivity index (χ1) is 10.0. The van der Waals surface area contributed by atoms with Crippen molar-refractivity contribution in [1.29, 1.82) is 0 Å². The molecule has 1 aliphatic carbocycles. The van der Waals surface area contributed by atoms with E-state index in [1.165, 1.54) is 0 Å². The molecule has 1 aromatic rings. The number of hydrogen-bond donors (Lipinski definition) is 1. The lowest BCUT2D eigenvalue weighted by Crippen LogP contribution is -2.43. The van der Waals surface area contributed by atoms with Gasteiger partial charge in [0.15, 0.2) is 6.61 Å². The fraction of sp³-hybridized carbons (Fsp3) is 0.562. The van der Waals surface area contributed by atoms with Crippen LogP contribution in [0.3, 0.4) is 0 Å². The number of likely N-dealkylation sites (N-methyl/N-ethyl adjacent to an activating group) is 1. The van der Waals surface area contributed by atoms with E-state index in [0.29, 0.717) is 12.3 Å². The molecule has 0 heterocycles. The zero-order valence-electron chi connectivity index (χ0n) is 12.7. The van der Waals surface area contributed by atoms with Crippen molar-refractivity contribution in [3.63, 3.8) is 0 Å². The molecule has 21 heavy (non-hydrogen) atoms. The summed E-state index contributed by atoms with van der Waals surface area (Å²) in [6.45, 7) is 0.344. The quantitative estimate of drug-likeness (QED) is 0.869. The van der Waals surface area contributed by atoms with E-state index in [9.17, 15) is 9.90 Å². The molecule has 0 bridgehead atoms. The second kappa shape index (κ2) is 6.80. The monoisotopic (exact) mass is 293 g/mol. The Kier molecular flexibility index (Phi) is 5.07. The van der Waals surface area contributed by atoms with Gasteiger partial charge in [0.1, 0.15) is 11.5 Å². The summed E-state index contributed by atoms with van der Waals surface area (Å²) in [5.41, 5.74) is -0.718. The van der Waals surface area contributed by atoms with Gasteiger partial charge >= 0.3 is 0 Å². The molecule has 0 atom stereocenters. The first-order valence-electron chi connectivity index (χ1n) is 7.26. The molecule has 0 aromatic heterocycles. The van der Waals surface area contributed by atoms with Crippen LogP contribution in [0.1, 0.15) is 25.7 Å². The summed E-state index contributed by atoms with van der Waals surface area (Å²) in [6, 6.07) is 7.09. The van der Waals surface area contributed by atoms with Gasteiger partial charge in [-0.25, -0.2) is 0 Å². The van der Waals surface area contributed by atoms with Crippen molar-refractivity contribution in [1.82, 2.24) is 4.90 Å². The smallest absolute Gasteiger partial charge is 0.260 e. The largest absolute Gasteiger partial charge is 0.497 e. The highest BCUT2D eigenvalue weighted by Gasteiger charge is 2.33. The number of rotatable bonds is 6. The highest BCUT2D eigenvalue weighted by Crippen LogP contribution is 2.29. The Morgan fingerprint density at radius 1 is 1.24 bits per heavy atom. The zero-order valence-corrected chi connectivity index (χ0v) is 12.7. The Labute approximate surface area is 125 Å². The van der Waals surface area contributed by atoms with Crippen molar-refractivity contribution in [3.8, 4) is 11.5 Å². The van der Waals surface area contributed by atoms with Gasteiger partial charge in [-0.05, 0) is 37.1 Å². The van der Waals surface area contributed by atoms with E-state index in [0.717, 1.165) is 31.4 Å². The Hall–Kier alpha value is -1.75. The number of nitrogens with zero attached hydrogens (tertiary/aromatic N) is 1. The number of amides is 1. The molecule has 0 unspecified atom stereocenters. The van der Waals surface area contributed by atoms with Crippen molar-refractivity contribution in [2.75, 3.05) is 27.3 Å². The fourth-order valence-electron chi connectivity index (χ4n) is 2.65. The predicted octanol–water partition coefficient (Wildman–Crippen LogP) is 1.84. The van der Waals surface area contributed by atoms with Crippen molar-refractivity contribution in [3.05, 3.63) is 24.3 Å². The van der Waals surface area contributed by atoms with Crippen LogP contribution in [-0.4, -0.2) is 48.8 Å². The fourth-order valence-corrected chi connectivity index (χ4v) is 2.65. The van der Waals surface area contributed by atoms with Gasteiger partial charge in [-0.3, -0.25) is 4.79 Å². The third kappa shape index (κ3) is 4.36. The minimum absolute atomic E-state index is 0.0289. The van der Waals surface area contributed by atoms with Gasteiger partial charge in [0.2, 0.25) is 0 Å². The molecular formula is C16H23NO4. The lowest BCUT2D eigenvalue weighted by atomic mass is 10.0. The Morgan fingerprint density at radius 2 is 1.81 bits per heavy atom. The molecule has 5 heteroatoms. The molecule has 1 aromatic carbocycles. The van der Waals surface area contributed by atoms with Crippen molar-refractivity contribution in [2.45, 2.75) is 31.3 Å². The standard InChI is InChI=1S/C16H23NO4/c1-17(12-16(19)9-3-4-10-16)15(18)11-21-14-7-5-13(20-2)6-8-14/h5-8,19H,3-4,9-12H2,1-2H3. The van der Waals surface area contributed by atoms with Gasteiger partial charge in [-0.15, -0.1) is 0 Å². The molecule has 1 N–H and O–H groups in total. The highest BCUT2D eigenvalue weighted by atomic mass is 16.5. The molecule has 1 saturated carbocycles. The Morgan fingerprint density at radius 3 is 2.38 bits per heavy atom. The van der Waals surface area contributed by atoms with Gasteiger partial charge in [-0.1, -0.05) is 12.8 Å². The number of benzene rings is 1. The molecule has 0 aliphatic heterocycles. The molecule has 5 nitrogen and oxygen atoms in total. The molecular weight excluding hydrogens is 270 g/mol. The first kappa shape index (κ1) is 15.6. The summed E-state index contributed by atoms with van der Waals surface area (Å²) in [4.78, 5) is 13.6. The third-order valence-electron chi connectivity index (χ3n) is 3.91. The second-order valence-corrected chi connectivity index (χ2v) is 5.65. The van der Waals surface area contributed by atoms with Gasteiger partial charge in [0.25, 0.3) is 5.91 Å². The van der Waals surface area contributed by atoms with Crippen LogP contribution in [0.15, 0.2) is 24.3 Å². The van der Waals surface area contributed by atoms with Crippen LogP contribution in [0, 0.1) is 0 Å². The summed E-state index contributed by atoms with van der Waals surface area (Å²) < 4.78 is 10.5. The summed E-state index contributed by atoms with van der Waals surface area (Å²) >= 11 is 0. The van der Waals surface area contributed by atoms with E-state index in [1.54, 1.807) is 43.3 Å². The minimum atomic E-state index is -0.718. The van der Waals surface area contributed by atoms with Crippen LogP contribution in [0.2, 0.25) is 0 Å². The number of carbonyl (C=O) groups is 1. The molecule has 1 amide bonds. The van der Waals surface area contributed by atoms with Crippen LogP contribution >= 0.6 is 0 Å². The Bertz CT molecular complexity index is 466.